The Hall–Kier alpha value is -0.660. The van der Waals surface area contributed by atoms with Crippen molar-refractivity contribution in [1.29, 1.82) is 0 Å². The molecule has 0 aromatic rings. The van der Waals surface area contributed by atoms with Crippen LogP contribution in [0.1, 0.15) is 13.8 Å². The van der Waals surface area contributed by atoms with Crippen LogP contribution in [0.4, 0.5) is 0 Å². The molecule has 0 bridgehead atoms. The van der Waals surface area contributed by atoms with Crippen molar-refractivity contribution in [2.24, 2.45) is 11.7 Å². The largest absolute Gasteiger partial charge is 0.468 e. The summed E-state index contributed by atoms with van der Waals surface area (Å²) in [5, 5.41) is 0. The number of hydrogen-bond acceptors (Lipinski definition) is 5. The van der Waals surface area contributed by atoms with Gasteiger partial charge in [0.15, 0.2) is 5.75 Å². The van der Waals surface area contributed by atoms with E-state index >= 15 is 0 Å². The zero-order chi connectivity index (χ0) is 12.1. The molecule has 1 atom stereocenters. The molecular formula is C8H18N2O4S. The second-order valence-corrected chi connectivity index (χ2v) is 5.29. The summed E-state index contributed by atoms with van der Waals surface area (Å²) in [6.07, 6.45) is 0. The summed E-state index contributed by atoms with van der Waals surface area (Å²) in [5.74, 6) is -1.39. The molecule has 7 heteroatoms. The highest BCUT2D eigenvalue weighted by molar-refractivity contribution is 7.90. The standard InChI is InChI=1S/C8H18N2O4S/c1-6(2)7(4-9)10-15(12,13)5-8(11)14-3/h6-7,10H,4-5,9H2,1-3H3. The van der Waals surface area contributed by atoms with E-state index < -0.39 is 21.7 Å². The van der Waals surface area contributed by atoms with Crippen LogP contribution in [0.5, 0.6) is 0 Å². The van der Waals surface area contributed by atoms with Gasteiger partial charge in [-0.05, 0) is 5.92 Å². The van der Waals surface area contributed by atoms with E-state index in [1.165, 1.54) is 0 Å². The van der Waals surface area contributed by atoms with Crippen molar-refractivity contribution in [1.82, 2.24) is 4.72 Å². The minimum absolute atomic E-state index is 0.0717. The summed E-state index contributed by atoms with van der Waals surface area (Å²) in [5.41, 5.74) is 5.40. The van der Waals surface area contributed by atoms with Gasteiger partial charge in [0.1, 0.15) is 0 Å². The Morgan fingerprint density at radius 2 is 2.00 bits per heavy atom. The SMILES string of the molecule is COC(=O)CS(=O)(=O)NC(CN)C(C)C. The third kappa shape index (κ3) is 5.71. The molecule has 6 nitrogen and oxygen atoms in total. The van der Waals surface area contributed by atoms with Crippen molar-refractivity contribution in [3.8, 4) is 0 Å². The summed E-state index contributed by atoms with van der Waals surface area (Å²) >= 11 is 0. The van der Waals surface area contributed by atoms with E-state index in [4.69, 9.17) is 5.73 Å². The predicted octanol–water partition coefficient (Wildman–Crippen LogP) is -0.938. The highest BCUT2D eigenvalue weighted by Gasteiger charge is 2.22. The second kappa shape index (κ2) is 6.04. The number of ether oxygens (including phenoxy) is 1. The van der Waals surface area contributed by atoms with Crippen molar-refractivity contribution in [2.45, 2.75) is 19.9 Å². The maximum absolute atomic E-state index is 11.4. The van der Waals surface area contributed by atoms with Gasteiger partial charge < -0.3 is 10.5 Å². The molecule has 0 aliphatic carbocycles. The molecule has 0 aromatic heterocycles. The van der Waals surface area contributed by atoms with E-state index in [1.807, 2.05) is 13.8 Å². The Bertz CT molecular complexity index is 300. The van der Waals surface area contributed by atoms with Crippen LogP contribution in [0.15, 0.2) is 0 Å². The third-order valence-corrected chi connectivity index (χ3v) is 3.20. The van der Waals surface area contributed by atoms with E-state index in [1.54, 1.807) is 0 Å². The molecule has 0 aliphatic heterocycles. The second-order valence-electron chi connectivity index (χ2n) is 3.54. The zero-order valence-electron chi connectivity index (χ0n) is 9.19. The first kappa shape index (κ1) is 14.3. The minimum atomic E-state index is -3.65. The van der Waals surface area contributed by atoms with Gasteiger partial charge >= 0.3 is 5.97 Å². The summed E-state index contributed by atoms with van der Waals surface area (Å²) < 4.78 is 29.4. The van der Waals surface area contributed by atoms with E-state index in [0.29, 0.717) is 0 Å². The third-order valence-electron chi connectivity index (χ3n) is 1.93. The lowest BCUT2D eigenvalue weighted by molar-refractivity contribution is -0.137. The maximum atomic E-state index is 11.4. The van der Waals surface area contributed by atoms with E-state index in [9.17, 15) is 13.2 Å². The fourth-order valence-electron chi connectivity index (χ4n) is 0.943. The van der Waals surface area contributed by atoms with Crippen molar-refractivity contribution in [3.05, 3.63) is 0 Å². The van der Waals surface area contributed by atoms with E-state index in [0.717, 1.165) is 7.11 Å². The van der Waals surface area contributed by atoms with Crippen molar-refractivity contribution < 1.29 is 17.9 Å². The minimum Gasteiger partial charge on any atom is -0.468 e. The normalized spacial score (nSPS) is 13.9. The highest BCUT2D eigenvalue weighted by Crippen LogP contribution is 2.02. The number of methoxy groups -OCH3 is 1. The lowest BCUT2D eigenvalue weighted by Crippen LogP contribution is -2.45. The Labute approximate surface area is 90.2 Å². The average molecular weight is 238 g/mol. The number of carbonyl (C=O) groups excluding carboxylic acids is 1. The molecule has 0 heterocycles. The topological polar surface area (TPSA) is 98.5 Å². The Morgan fingerprint density at radius 3 is 2.33 bits per heavy atom. The van der Waals surface area contributed by atoms with Gasteiger partial charge in [0.2, 0.25) is 10.0 Å². The molecule has 0 aromatic carbocycles. The van der Waals surface area contributed by atoms with Crippen molar-refractivity contribution >= 4 is 16.0 Å². The first-order chi connectivity index (χ1) is 6.82. The quantitative estimate of drug-likeness (QED) is 0.582. The van der Waals surface area contributed by atoms with Gasteiger partial charge in [-0.15, -0.1) is 0 Å². The number of rotatable bonds is 6. The van der Waals surface area contributed by atoms with Crippen LogP contribution in [-0.2, 0) is 19.6 Å². The zero-order valence-corrected chi connectivity index (χ0v) is 10.0. The van der Waals surface area contributed by atoms with Gasteiger partial charge in [-0.3, -0.25) is 4.79 Å². The molecule has 0 rings (SSSR count). The van der Waals surface area contributed by atoms with Crippen LogP contribution in [-0.4, -0.2) is 39.8 Å². The number of carbonyl (C=O) groups is 1. The first-order valence-corrected chi connectivity index (χ1v) is 6.24. The van der Waals surface area contributed by atoms with Crippen LogP contribution >= 0.6 is 0 Å². The molecule has 1 unspecified atom stereocenters. The molecule has 90 valence electrons. The van der Waals surface area contributed by atoms with Gasteiger partial charge in [-0.2, -0.15) is 0 Å². The Morgan fingerprint density at radius 1 is 1.47 bits per heavy atom. The van der Waals surface area contributed by atoms with Crippen molar-refractivity contribution in [3.63, 3.8) is 0 Å². The van der Waals surface area contributed by atoms with Gasteiger partial charge in [-0.25, -0.2) is 13.1 Å². The smallest absolute Gasteiger partial charge is 0.322 e. The van der Waals surface area contributed by atoms with Crippen molar-refractivity contribution in [2.75, 3.05) is 19.4 Å². The van der Waals surface area contributed by atoms with Gasteiger partial charge in [0, 0.05) is 12.6 Å². The van der Waals surface area contributed by atoms with Gasteiger partial charge in [-0.1, -0.05) is 13.8 Å². The first-order valence-electron chi connectivity index (χ1n) is 4.59. The molecule has 0 spiro atoms. The molecule has 15 heavy (non-hydrogen) atoms. The van der Waals surface area contributed by atoms with Crippen LogP contribution in [0, 0.1) is 5.92 Å². The number of sulfonamides is 1. The highest BCUT2D eigenvalue weighted by atomic mass is 32.2. The van der Waals surface area contributed by atoms with Crippen LogP contribution in [0.3, 0.4) is 0 Å². The number of nitrogens with two attached hydrogens (primary N) is 1. The lowest BCUT2D eigenvalue weighted by atomic mass is 10.1. The van der Waals surface area contributed by atoms with Gasteiger partial charge in [0.05, 0.1) is 7.11 Å². The number of hydrogen-bond donors (Lipinski definition) is 2. The summed E-state index contributed by atoms with van der Waals surface area (Å²) in [7, 11) is -2.51. The molecule has 0 saturated heterocycles. The molecule has 0 amide bonds. The Kier molecular flexibility index (Phi) is 5.77. The molecule has 0 aliphatic rings. The molecule has 0 radical (unpaired) electrons. The number of esters is 1. The van der Waals surface area contributed by atoms with E-state index in [-0.39, 0.29) is 18.5 Å². The summed E-state index contributed by atoms with van der Waals surface area (Å²) in [6, 6.07) is -0.361. The predicted molar refractivity (Wildman–Crippen MR) is 56.6 cm³/mol. The molecule has 0 saturated carbocycles. The van der Waals surface area contributed by atoms with Gasteiger partial charge in [0.25, 0.3) is 0 Å². The lowest BCUT2D eigenvalue weighted by Gasteiger charge is -2.19. The van der Waals surface area contributed by atoms with E-state index in [2.05, 4.69) is 9.46 Å². The molecule has 0 fully saturated rings. The fraction of sp³-hybridized carbons (Fsp3) is 0.875. The maximum Gasteiger partial charge on any atom is 0.322 e. The molecule has 3 N–H and O–H groups in total. The monoisotopic (exact) mass is 238 g/mol. The average Bonchev–Trinajstić information content (AvgIpc) is 2.13. The van der Waals surface area contributed by atoms with Crippen LogP contribution in [0.2, 0.25) is 0 Å². The summed E-state index contributed by atoms with van der Waals surface area (Å²) in [4.78, 5) is 10.8. The Balaban J connectivity index is 4.42. The fourth-order valence-corrected chi connectivity index (χ4v) is 2.28. The number of nitrogens with one attached hydrogen (secondary N) is 1. The van der Waals surface area contributed by atoms with Crippen LogP contribution in [0.25, 0.3) is 0 Å². The summed E-state index contributed by atoms with van der Waals surface area (Å²) in [6.45, 7) is 3.88. The van der Waals surface area contributed by atoms with Crippen LogP contribution < -0.4 is 10.5 Å². The molecular weight excluding hydrogens is 220 g/mol.